The molecule has 0 aliphatic rings. The van der Waals surface area contributed by atoms with Crippen molar-refractivity contribution in [2.75, 3.05) is 6.61 Å². The lowest BCUT2D eigenvalue weighted by molar-refractivity contribution is -0.385. The Morgan fingerprint density at radius 3 is 2.52 bits per heavy atom. The van der Waals surface area contributed by atoms with Crippen LogP contribution in [0.15, 0.2) is 47.6 Å². The van der Waals surface area contributed by atoms with Gasteiger partial charge in [-0.15, -0.1) is 0 Å². The molecule has 2 rings (SSSR count). The Morgan fingerprint density at radius 2 is 1.93 bits per heavy atom. The van der Waals surface area contributed by atoms with E-state index in [1.807, 2.05) is 24.3 Å². The highest BCUT2D eigenvalue weighted by Crippen LogP contribution is 2.29. The summed E-state index contributed by atoms with van der Waals surface area (Å²) in [6, 6.07) is 11.9. The van der Waals surface area contributed by atoms with Crippen LogP contribution in [0, 0.1) is 10.1 Å². The fraction of sp³-hybridized carbons (Fsp3) is 0.263. The second-order valence-electron chi connectivity index (χ2n) is 6.17. The third-order valence-electron chi connectivity index (χ3n) is 3.82. The molecular weight excluding hydrogens is 370 g/mol. The number of nitro benzene ring substituents is 1. The summed E-state index contributed by atoms with van der Waals surface area (Å²) in [6.45, 7) is 5.59. The molecule has 0 saturated heterocycles. The lowest BCUT2D eigenvalue weighted by atomic mass is 10.0. The summed E-state index contributed by atoms with van der Waals surface area (Å²) in [5, 5.41) is 15.2. The number of nitrogens with zero attached hydrogens (tertiary/aromatic N) is 2. The Hall–Kier alpha value is -2.93. The molecule has 0 heterocycles. The summed E-state index contributed by atoms with van der Waals surface area (Å²) < 4.78 is 5.21. The van der Waals surface area contributed by atoms with Gasteiger partial charge in [-0.1, -0.05) is 49.7 Å². The van der Waals surface area contributed by atoms with Gasteiger partial charge in [0.05, 0.1) is 10.6 Å². The summed E-state index contributed by atoms with van der Waals surface area (Å²) in [6.07, 6.45) is 0. The molecule has 0 unspecified atom stereocenters. The van der Waals surface area contributed by atoms with E-state index in [0.717, 1.165) is 11.6 Å². The summed E-state index contributed by atoms with van der Waals surface area (Å²) in [4.78, 5) is 22.3. The molecule has 0 atom stereocenters. The van der Waals surface area contributed by atoms with Crippen LogP contribution in [0.1, 0.15) is 37.8 Å². The molecule has 2 aromatic rings. The topological polar surface area (TPSA) is 93.8 Å². The maximum Gasteiger partial charge on any atom is 0.312 e. The number of ether oxygens (including phenoxy) is 1. The van der Waals surface area contributed by atoms with Gasteiger partial charge in [-0.05, 0) is 36.1 Å². The van der Waals surface area contributed by atoms with E-state index in [9.17, 15) is 14.9 Å². The number of hydrazone groups is 1. The molecule has 1 amide bonds. The quantitative estimate of drug-likeness (QED) is 0.434. The minimum atomic E-state index is -0.623. The molecule has 0 bridgehead atoms. The number of hydrogen-bond acceptors (Lipinski definition) is 5. The van der Waals surface area contributed by atoms with Crippen LogP contribution in [0.4, 0.5) is 5.69 Å². The first kappa shape index (κ1) is 20.4. The van der Waals surface area contributed by atoms with Crippen LogP contribution < -0.4 is 10.2 Å². The first-order valence-electron chi connectivity index (χ1n) is 8.28. The van der Waals surface area contributed by atoms with Gasteiger partial charge in [0.25, 0.3) is 5.91 Å². The Balaban J connectivity index is 1.96. The monoisotopic (exact) mass is 389 g/mol. The second-order valence-corrected chi connectivity index (χ2v) is 6.60. The number of halogens is 1. The Morgan fingerprint density at radius 1 is 1.26 bits per heavy atom. The number of nitrogens with one attached hydrogen (secondary N) is 1. The van der Waals surface area contributed by atoms with E-state index >= 15 is 0 Å². The largest absolute Gasteiger partial charge is 0.477 e. The standard InChI is InChI=1S/C19H20ClN3O4/c1-12(2)14-4-6-15(7-5-14)13(3)21-22-19(24)11-27-18-9-8-16(20)10-17(18)23(25)26/h4-10,12H,11H2,1-3H3,(H,22,24)/b21-13+. The van der Waals surface area contributed by atoms with Gasteiger partial charge in [-0.25, -0.2) is 5.43 Å². The van der Waals surface area contributed by atoms with E-state index in [2.05, 4.69) is 24.4 Å². The average molecular weight is 390 g/mol. The van der Waals surface area contributed by atoms with Crippen molar-refractivity contribution in [1.29, 1.82) is 0 Å². The van der Waals surface area contributed by atoms with Crippen LogP contribution in [0.25, 0.3) is 0 Å². The fourth-order valence-corrected chi connectivity index (χ4v) is 2.42. The van der Waals surface area contributed by atoms with E-state index in [-0.39, 0.29) is 16.5 Å². The fourth-order valence-electron chi connectivity index (χ4n) is 2.25. The molecule has 0 radical (unpaired) electrons. The number of carbonyl (C=O) groups is 1. The number of rotatable bonds is 7. The number of benzene rings is 2. The van der Waals surface area contributed by atoms with Crippen LogP contribution in [0.3, 0.4) is 0 Å². The lowest BCUT2D eigenvalue weighted by Gasteiger charge is -2.08. The van der Waals surface area contributed by atoms with E-state index < -0.39 is 17.4 Å². The van der Waals surface area contributed by atoms with Gasteiger partial charge in [-0.3, -0.25) is 14.9 Å². The number of carbonyl (C=O) groups excluding carboxylic acids is 1. The van der Waals surface area contributed by atoms with Crippen molar-refractivity contribution in [1.82, 2.24) is 5.43 Å². The molecule has 0 spiro atoms. The number of hydrogen-bond donors (Lipinski definition) is 1. The van der Waals surface area contributed by atoms with E-state index in [1.165, 1.54) is 17.7 Å². The van der Waals surface area contributed by atoms with Crippen molar-refractivity contribution in [2.24, 2.45) is 5.10 Å². The van der Waals surface area contributed by atoms with E-state index in [1.54, 1.807) is 6.92 Å². The zero-order valence-electron chi connectivity index (χ0n) is 15.2. The molecule has 0 aliphatic heterocycles. The van der Waals surface area contributed by atoms with Crippen LogP contribution in [0.2, 0.25) is 5.02 Å². The minimum Gasteiger partial charge on any atom is -0.477 e. The molecule has 1 N–H and O–H groups in total. The second kappa shape index (κ2) is 9.14. The average Bonchev–Trinajstić information content (AvgIpc) is 2.64. The minimum absolute atomic E-state index is 0.0375. The molecule has 7 nitrogen and oxygen atoms in total. The molecular formula is C19H20ClN3O4. The number of amides is 1. The van der Waals surface area contributed by atoms with Gasteiger partial charge in [0.1, 0.15) is 0 Å². The zero-order chi connectivity index (χ0) is 20.0. The van der Waals surface area contributed by atoms with Gasteiger partial charge >= 0.3 is 5.69 Å². The highest BCUT2D eigenvalue weighted by atomic mass is 35.5. The first-order valence-corrected chi connectivity index (χ1v) is 8.66. The Labute approximate surface area is 162 Å². The van der Waals surface area contributed by atoms with Gasteiger partial charge in [0, 0.05) is 11.1 Å². The van der Waals surface area contributed by atoms with Crippen molar-refractivity contribution in [3.8, 4) is 5.75 Å². The van der Waals surface area contributed by atoms with Crippen molar-refractivity contribution in [3.05, 3.63) is 68.7 Å². The third kappa shape index (κ3) is 5.79. The summed E-state index contributed by atoms with van der Waals surface area (Å²) in [5.74, 6) is -0.132. The highest BCUT2D eigenvalue weighted by molar-refractivity contribution is 6.30. The van der Waals surface area contributed by atoms with Crippen molar-refractivity contribution in [3.63, 3.8) is 0 Å². The predicted molar refractivity (Wildman–Crippen MR) is 104 cm³/mol. The SMILES string of the molecule is C/C(=N\NC(=O)COc1ccc(Cl)cc1[N+](=O)[O-])c1ccc(C(C)C)cc1. The normalized spacial score (nSPS) is 11.4. The maximum absolute atomic E-state index is 11.9. The van der Waals surface area contributed by atoms with E-state index in [4.69, 9.17) is 16.3 Å². The molecule has 0 fully saturated rings. The zero-order valence-corrected chi connectivity index (χ0v) is 16.0. The van der Waals surface area contributed by atoms with Crippen LogP contribution in [-0.2, 0) is 4.79 Å². The van der Waals surface area contributed by atoms with Crippen LogP contribution in [-0.4, -0.2) is 23.1 Å². The molecule has 0 saturated carbocycles. The summed E-state index contributed by atoms with van der Waals surface area (Å²) >= 11 is 5.74. The lowest BCUT2D eigenvalue weighted by Crippen LogP contribution is -2.25. The number of nitro groups is 1. The van der Waals surface area contributed by atoms with Gasteiger partial charge in [0.2, 0.25) is 0 Å². The molecule has 142 valence electrons. The Bertz CT molecular complexity index is 864. The molecule has 2 aromatic carbocycles. The summed E-state index contributed by atoms with van der Waals surface area (Å²) in [5.41, 5.74) is 4.81. The van der Waals surface area contributed by atoms with Crippen LogP contribution in [0.5, 0.6) is 5.75 Å². The summed E-state index contributed by atoms with van der Waals surface area (Å²) in [7, 11) is 0. The smallest absolute Gasteiger partial charge is 0.312 e. The van der Waals surface area contributed by atoms with E-state index in [0.29, 0.717) is 11.6 Å². The van der Waals surface area contributed by atoms with Crippen molar-refractivity contribution in [2.45, 2.75) is 26.7 Å². The van der Waals surface area contributed by atoms with Crippen molar-refractivity contribution < 1.29 is 14.5 Å². The van der Waals surface area contributed by atoms with Gasteiger partial charge < -0.3 is 4.74 Å². The molecule has 27 heavy (non-hydrogen) atoms. The highest BCUT2D eigenvalue weighted by Gasteiger charge is 2.16. The predicted octanol–water partition coefficient (Wildman–Crippen LogP) is 4.29. The van der Waals surface area contributed by atoms with Gasteiger partial charge in [-0.2, -0.15) is 5.10 Å². The van der Waals surface area contributed by atoms with Gasteiger partial charge in [0.15, 0.2) is 12.4 Å². The maximum atomic E-state index is 11.9. The van der Waals surface area contributed by atoms with Crippen molar-refractivity contribution >= 4 is 28.9 Å². The molecule has 0 aliphatic carbocycles. The Kier molecular flexibility index (Phi) is 6.90. The molecule has 0 aromatic heterocycles. The van der Waals surface area contributed by atoms with Crippen LogP contribution >= 0.6 is 11.6 Å². The first-order chi connectivity index (χ1) is 12.8. The molecule has 8 heteroatoms. The third-order valence-corrected chi connectivity index (χ3v) is 4.05.